The minimum Gasteiger partial charge on any atom is -0.462 e. The second-order valence-electron chi connectivity index (χ2n) is 2.95. The molecule has 0 fully saturated rings. The minimum atomic E-state index is -0.540. The van der Waals surface area contributed by atoms with Gasteiger partial charge in [-0.2, -0.15) is 0 Å². The van der Waals surface area contributed by atoms with E-state index in [1.54, 1.807) is 0 Å². The first-order valence-corrected chi connectivity index (χ1v) is 5.24. The molecule has 0 bridgehead atoms. The van der Waals surface area contributed by atoms with Crippen molar-refractivity contribution < 1.29 is 9.53 Å². The minimum absolute atomic E-state index is 0.137. The fourth-order valence-electron chi connectivity index (χ4n) is 1.04. The van der Waals surface area contributed by atoms with Crippen LogP contribution in [0, 0.1) is 0 Å². The van der Waals surface area contributed by atoms with Crippen molar-refractivity contribution in [1.82, 2.24) is 0 Å². The Morgan fingerprint density at radius 2 is 2.00 bits per heavy atom. The van der Waals surface area contributed by atoms with Crippen molar-refractivity contribution >= 4 is 34.9 Å². The van der Waals surface area contributed by atoms with Gasteiger partial charge in [0.25, 0.3) is 0 Å². The summed E-state index contributed by atoms with van der Waals surface area (Å²) in [6, 6.07) is 3.05. The van der Waals surface area contributed by atoms with Crippen molar-refractivity contribution in [2.75, 3.05) is 12.3 Å². The van der Waals surface area contributed by atoms with Crippen molar-refractivity contribution in [3.05, 3.63) is 27.7 Å². The third-order valence-corrected chi connectivity index (χ3v) is 2.43. The van der Waals surface area contributed by atoms with Crippen molar-refractivity contribution in [2.24, 2.45) is 0 Å². The molecule has 0 aliphatic rings. The molecule has 0 aliphatic carbocycles. The average Bonchev–Trinajstić information content (AvgIpc) is 2.21. The molecule has 0 heterocycles. The van der Waals surface area contributed by atoms with Gasteiger partial charge in [-0.1, -0.05) is 30.1 Å². The zero-order valence-corrected chi connectivity index (χ0v) is 9.73. The lowest BCUT2D eigenvalue weighted by molar-refractivity contribution is 0.0506. The summed E-state index contributed by atoms with van der Waals surface area (Å²) in [6.07, 6.45) is 0.740. The predicted octanol–water partition coefficient (Wildman–Crippen LogP) is 3.14. The lowest BCUT2D eigenvalue weighted by atomic mass is 10.2. The van der Waals surface area contributed by atoms with Crippen LogP contribution in [0.2, 0.25) is 10.0 Å². The van der Waals surface area contributed by atoms with Gasteiger partial charge in [0.1, 0.15) is 5.56 Å². The summed E-state index contributed by atoms with van der Waals surface area (Å²) >= 11 is 11.6. The van der Waals surface area contributed by atoms with Crippen molar-refractivity contribution in [3.63, 3.8) is 0 Å². The Labute approximate surface area is 98.1 Å². The van der Waals surface area contributed by atoms with Crippen LogP contribution in [-0.2, 0) is 4.74 Å². The number of carbonyl (C=O) groups is 1. The number of hydrogen-bond donors (Lipinski definition) is 1. The third kappa shape index (κ3) is 2.76. The van der Waals surface area contributed by atoms with Gasteiger partial charge in [-0.3, -0.25) is 0 Å². The Bertz CT molecular complexity index is 380. The van der Waals surface area contributed by atoms with Crippen LogP contribution in [0.4, 0.5) is 5.69 Å². The molecule has 1 aromatic rings. The number of carbonyl (C=O) groups excluding carboxylic acids is 1. The summed E-state index contributed by atoms with van der Waals surface area (Å²) in [5.41, 5.74) is 5.93. The first-order valence-electron chi connectivity index (χ1n) is 4.48. The summed E-state index contributed by atoms with van der Waals surface area (Å²) in [7, 11) is 0. The van der Waals surface area contributed by atoms with Gasteiger partial charge in [0.15, 0.2) is 0 Å². The highest BCUT2D eigenvalue weighted by atomic mass is 35.5. The summed E-state index contributed by atoms with van der Waals surface area (Å²) < 4.78 is 4.93. The van der Waals surface area contributed by atoms with E-state index < -0.39 is 5.97 Å². The predicted molar refractivity (Wildman–Crippen MR) is 61.4 cm³/mol. The van der Waals surface area contributed by atoms with E-state index in [0.717, 1.165) is 6.42 Å². The molecular formula is C10H11Cl2NO2. The van der Waals surface area contributed by atoms with Crippen LogP contribution in [-0.4, -0.2) is 12.6 Å². The lowest BCUT2D eigenvalue weighted by Crippen LogP contribution is -2.10. The topological polar surface area (TPSA) is 52.3 Å². The van der Waals surface area contributed by atoms with Gasteiger partial charge >= 0.3 is 5.97 Å². The fourth-order valence-corrected chi connectivity index (χ4v) is 1.44. The molecule has 0 aromatic heterocycles. The van der Waals surface area contributed by atoms with Crippen LogP contribution in [0.5, 0.6) is 0 Å². The van der Waals surface area contributed by atoms with E-state index in [-0.39, 0.29) is 16.3 Å². The first kappa shape index (κ1) is 12.1. The number of benzene rings is 1. The van der Waals surface area contributed by atoms with Crippen LogP contribution in [0.25, 0.3) is 0 Å². The Morgan fingerprint density at radius 3 is 2.60 bits per heavy atom. The largest absolute Gasteiger partial charge is 0.462 e. The normalized spacial score (nSPS) is 10.1. The van der Waals surface area contributed by atoms with Gasteiger partial charge in [-0.05, 0) is 18.6 Å². The molecule has 0 saturated heterocycles. The molecular weight excluding hydrogens is 237 g/mol. The molecule has 0 amide bonds. The third-order valence-electron chi connectivity index (χ3n) is 1.78. The summed E-state index contributed by atoms with van der Waals surface area (Å²) in [6.45, 7) is 2.23. The number of anilines is 1. The molecule has 1 rings (SSSR count). The van der Waals surface area contributed by atoms with Gasteiger partial charge < -0.3 is 10.5 Å². The van der Waals surface area contributed by atoms with Crippen molar-refractivity contribution in [3.8, 4) is 0 Å². The van der Waals surface area contributed by atoms with E-state index in [0.29, 0.717) is 11.6 Å². The molecule has 15 heavy (non-hydrogen) atoms. The van der Waals surface area contributed by atoms with E-state index >= 15 is 0 Å². The van der Waals surface area contributed by atoms with Gasteiger partial charge in [-0.15, -0.1) is 0 Å². The molecule has 0 aliphatic heterocycles. The molecule has 3 nitrogen and oxygen atoms in total. The number of nitrogens with two attached hydrogens (primary N) is 1. The molecule has 2 N–H and O–H groups in total. The van der Waals surface area contributed by atoms with Crippen molar-refractivity contribution in [1.29, 1.82) is 0 Å². The second kappa shape index (κ2) is 5.24. The van der Waals surface area contributed by atoms with Gasteiger partial charge in [-0.25, -0.2) is 4.79 Å². The highest BCUT2D eigenvalue weighted by Gasteiger charge is 2.17. The summed E-state index contributed by atoms with van der Waals surface area (Å²) in [5, 5.41) is 0.542. The standard InChI is InChI=1S/C10H11Cl2NO2/c1-2-5-15-10(14)8-6(11)3-4-7(12)9(8)13/h3-4H,2,5,13H2,1H3. The van der Waals surface area contributed by atoms with Crippen LogP contribution in [0.15, 0.2) is 12.1 Å². The number of hydrogen-bond acceptors (Lipinski definition) is 3. The van der Waals surface area contributed by atoms with E-state index in [2.05, 4.69) is 0 Å². The Balaban J connectivity index is 3.02. The number of ether oxygens (including phenoxy) is 1. The number of esters is 1. The van der Waals surface area contributed by atoms with Gasteiger partial charge in [0.05, 0.1) is 22.3 Å². The molecule has 0 atom stereocenters. The van der Waals surface area contributed by atoms with E-state index in [4.69, 9.17) is 33.7 Å². The monoisotopic (exact) mass is 247 g/mol. The smallest absolute Gasteiger partial charge is 0.341 e. The maximum Gasteiger partial charge on any atom is 0.341 e. The van der Waals surface area contributed by atoms with E-state index in [1.165, 1.54) is 12.1 Å². The molecule has 82 valence electrons. The fraction of sp³-hybridized carbons (Fsp3) is 0.300. The Kier molecular flexibility index (Phi) is 4.24. The van der Waals surface area contributed by atoms with Crippen molar-refractivity contribution in [2.45, 2.75) is 13.3 Å². The molecule has 5 heteroatoms. The number of rotatable bonds is 3. The SMILES string of the molecule is CCCOC(=O)c1c(Cl)ccc(Cl)c1N. The molecule has 0 radical (unpaired) electrons. The zero-order chi connectivity index (χ0) is 11.4. The summed E-state index contributed by atoms with van der Waals surface area (Å²) in [5.74, 6) is -0.540. The van der Waals surface area contributed by atoms with Crippen LogP contribution < -0.4 is 5.73 Å². The Morgan fingerprint density at radius 1 is 1.40 bits per heavy atom. The highest BCUT2D eigenvalue weighted by molar-refractivity contribution is 6.38. The van der Waals surface area contributed by atoms with Gasteiger partial charge in [0.2, 0.25) is 0 Å². The van der Waals surface area contributed by atoms with Crippen LogP contribution >= 0.6 is 23.2 Å². The second-order valence-corrected chi connectivity index (χ2v) is 3.77. The Hall–Kier alpha value is -0.930. The molecule has 0 saturated carbocycles. The molecule has 0 unspecified atom stereocenters. The maximum absolute atomic E-state index is 11.6. The summed E-state index contributed by atoms with van der Waals surface area (Å²) in [4.78, 5) is 11.6. The average molecular weight is 248 g/mol. The van der Waals surface area contributed by atoms with Crippen LogP contribution in [0.1, 0.15) is 23.7 Å². The van der Waals surface area contributed by atoms with E-state index in [1.807, 2.05) is 6.92 Å². The van der Waals surface area contributed by atoms with Crippen LogP contribution in [0.3, 0.4) is 0 Å². The first-order chi connectivity index (χ1) is 7.07. The lowest BCUT2D eigenvalue weighted by Gasteiger charge is -2.08. The zero-order valence-electron chi connectivity index (χ0n) is 8.22. The molecule has 0 spiro atoms. The quantitative estimate of drug-likeness (QED) is 0.660. The van der Waals surface area contributed by atoms with Gasteiger partial charge in [0, 0.05) is 0 Å². The number of halogens is 2. The highest BCUT2D eigenvalue weighted by Crippen LogP contribution is 2.29. The van der Waals surface area contributed by atoms with E-state index in [9.17, 15) is 4.79 Å². The maximum atomic E-state index is 11.6. The number of nitrogen functional groups attached to an aromatic ring is 1. The molecule has 1 aromatic carbocycles.